The van der Waals surface area contributed by atoms with Crippen molar-refractivity contribution in [3.05, 3.63) is 58.3 Å². The van der Waals surface area contributed by atoms with Crippen molar-refractivity contribution in [2.75, 3.05) is 5.75 Å². The molecule has 0 amide bonds. The van der Waals surface area contributed by atoms with E-state index in [-0.39, 0.29) is 6.04 Å². The van der Waals surface area contributed by atoms with Gasteiger partial charge in [-0.05, 0) is 51.5 Å². The highest BCUT2D eigenvalue weighted by molar-refractivity contribution is 9.10. The molecule has 3 N–H and O–H groups in total. The predicted molar refractivity (Wildman–Crippen MR) is 88.5 cm³/mol. The standard InChI is InChI=1S/C15H18BrN3S/c1-2-20-14-7-3-11(4-8-14)15(19-17)9-13-6-5-12(16)10-18-13/h3-8,10,15,19H,2,9,17H2,1H3. The van der Waals surface area contributed by atoms with E-state index in [0.29, 0.717) is 0 Å². The van der Waals surface area contributed by atoms with E-state index in [9.17, 15) is 0 Å². The normalized spacial score (nSPS) is 12.3. The predicted octanol–water partition coefficient (Wildman–Crippen LogP) is 3.70. The summed E-state index contributed by atoms with van der Waals surface area (Å²) in [5, 5.41) is 0. The topological polar surface area (TPSA) is 50.9 Å². The third-order valence-electron chi connectivity index (χ3n) is 3.00. The summed E-state index contributed by atoms with van der Waals surface area (Å²) in [6, 6.07) is 12.6. The summed E-state index contributed by atoms with van der Waals surface area (Å²) in [4.78, 5) is 5.68. The van der Waals surface area contributed by atoms with Crippen LogP contribution in [0.15, 0.2) is 52.0 Å². The van der Waals surface area contributed by atoms with Crippen molar-refractivity contribution < 1.29 is 0 Å². The molecule has 20 heavy (non-hydrogen) atoms. The molecule has 0 spiro atoms. The van der Waals surface area contributed by atoms with Crippen molar-refractivity contribution in [2.24, 2.45) is 5.84 Å². The second-order valence-corrected chi connectivity index (χ2v) is 6.65. The fourth-order valence-corrected chi connectivity index (χ4v) is 2.87. The highest BCUT2D eigenvalue weighted by atomic mass is 79.9. The van der Waals surface area contributed by atoms with Crippen molar-refractivity contribution in [3.8, 4) is 0 Å². The van der Waals surface area contributed by atoms with Gasteiger partial charge in [0.2, 0.25) is 0 Å². The van der Waals surface area contributed by atoms with Crippen LogP contribution in [-0.4, -0.2) is 10.7 Å². The summed E-state index contributed by atoms with van der Waals surface area (Å²) < 4.78 is 0.986. The first kappa shape index (κ1) is 15.5. The summed E-state index contributed by atoms with van der Waals surface area (Å²) in [7, 11) is 0. The zero-order valence-corrected chi connectivity index (χ0v) is 13.7. The van der Waals surface area contributed by atoms with Crippen LogP contribution in [0.5, 0.6) is 0 Å². The van der Waals surface area contributed by atoms with E-state index in [0.717, 1.165) is 22.3 Å². The number of hydrogen-bond donors (Lipinski definition) is 2. The minimum Gasteiger partial charge on any atom is -0.271 e. The average Bonchev–Trinajstić information content (AvgIpc) is 2.48. The maximum atomic E-state index is 5.69. The van der Waals surface area contributed by atoms with E-state index >= 15 is 0 Å². The number of hydrogen-bond acceptors (Lipinski definition) is 4. The van der Waals surface area contributed by atoms with Gasteiger partial charge in [-0.1, -0.05) is 19.1 Å². The molecule has 0 fully saturated rings. The molecule has 1 aromatic heterocycles. The third kappa shape index (κ3) is 4.31. The highest BCUT2D eigenvalue weighted by Gasteiger charge is 2.11. The lowest BCUT2D eigenvalue weighted by Crippen LogP contribution is -2.29. The molecule has 2 rings (SSSR count). The lowest BCUT2D eigenvalue weighted by atomic mass is 10.0. The lowest BCUT2D eigenvalue weighted by molar-refractivity contribution is 0.545. The molecule has 0 bridgehead atoms. The molecule has 0 aliphatic rings. The first-order valence-corrected chi connectivity index (χ1v) is 8.30. The van der Waals surface area contributed by atoms with Crippen LogP contribution in [0.25, 0.3) is 0 Å². The number of halogens is 1. The molecule has 5 heteroatoms. The van der Waals surface area contributed by atoms with Gasteiger partial charge in [0.25, 0.3) is 0 Å². The molecule has 3 nitrogen and oxygen atoms in total. The third-order valence-corrected chi connectivity index (χ3v) is 4.36. The number of nitrogens with zero attached hydrogens (tertiary/aromatic N) is 1. The number of hydrazine groups is 1. The highest BCUT2D eigenvalue weighted by Crippen LogP contribution is 2.22. The van der Waals surface area contributed by atoms with Gasteiger partial charge in [-0.15, -0.1) is 11.8 Å². The number of benzene rings is 1. The largest absolute Gasteiger partial charge is 0.271 e. The summed E-state index contributed by atoms with van der Waals surface area (Å²) in [5.74, 6) is 6.77. The molecular formula is C15H18BrN3S. The van der Waals surface area contributed by atoms with Gasteiger partial charge >= 0.3 is 0 Å². The zero-order valence-electron chi connectivity index (χ0n) is 11.3. The quantitative estimate of drug-likeness (QED) is 0.473. The number of rotatable bonds is 6. The van der Waals surface area contributed by atoms with Gasteiger partial charge in [0.05, 0.1) is 6.04 Å². The van der Waals surface area contributed by atoms with Crippen molar-refractivity contribution in [3.63, 3.8) is 0 Å². The zero-order chi connectivity index (χ0) is 14.4. The van der Waals surface area contributed by atoms with Crippen LogP contribution in [0.1, 0.15) is 24.2 Å². The van der Waals surface area contributed by atoms with Crippen LogP contribution in [0, 0.1) is 0 Å². The number of nitrogens with two attached hydrogens (primary N) is 1. The van der Waals surface area contributed by atoms with E-state index in [2.05, 4.69) is 57.5 Å². The van der Waals surface area contributed by atoms with Gasteiger partial charge < -0.3 is 0 Å². The van der Waals surface area contributed by atoms with E-state index in [1.807, 2.05) is 30.1 Å². The van der Waals surface area contributed by atoms with Crippen LogP contribution in [0.3, 0.4) is 0 Å². The number of thioether (sulfide) groups is 1. The van der Waals surface area contributed by atoms with Crippen LogP contribution >= 0.6 is 27.7 Å². The minimum atomic E-state index is 0.0735. The smallest absolute Gasteiger partial charge is 0.0515 e. The van der Waals surface area contributed by atoms with Crippen LogP contribution < -0.4 is 11.3 Å². The van der Waals surface area contributed by atoms with Crippen molar-refractivity contribution in [1.82, 2.24) is 10.4 Å². The Hall–Kier alpha value is -0.880. The minimum absolute atomic E-state index is 0.0735. The van der Waals surface area contributed by atoms with Gasteiger partial charge in [0.15, 0.2) is 0 Å². The summed E-state index contributed by atoms with van der Waals surface area (Å²) in [5.41, 5.74) is 5.07. The Morgan fingerprint density at radius 3 is 2.55 bits per heavy atom. The monoisotopic (exact) mass is 351 g/mol. The van der Waals surface area contributed by atoms with Crippen LogP contribution in [0.4, 0.5) is 0 Å². The number of pyridine rings is 1. The summed E-state index contributed by atoms with van der Waals surface area (Å²) in [6.45, 7) is 2.15. The Morgan fingerprint density at radius 1 is 1.25 bits per heavy atom. The first-order chi connectivity index (χ1) is 9.72. The van der Waals surface area contributed by atoms with Crippen molar-refractivity contribution in [1.29, 1.82) is 0 Å². The van der Waals surface area contributed by atoms with Gasteiger partial charge in [-0.3, -0.25) is 16.3 Å². The van der Waals surface area contributed by atoms with Gasteiger partial charge in [-0.2, -0.15) is 0 Å². The molecule has 2 aromatic rings. The Kier molecular flexibility index (Phi) is 6.04. The Balaban J connectivity index is 2.09. The van der Waals surface area contributed by atoms with Crippen molar-refractivity contribution >= 4 is 27.7 Å². The second-order valence-electron chi connectivity index (χ2n) is 4.39. The van der Waals surface area contributed by atoms with E-state index in [4.69, 9.17) is 5.84 Å². The molecule has 0 saturated carbocycles. The second kappa shape index (κ2) is 7.78. The SMILES string of the molecule is CCSc1ccc(C(Cc2ccc(Br)cn2)NN)cc1. The Bertz CT molecular complexity index is 528. The number of nitrogens with one attached hydrogen (secondary N) is 1. The van der Waals surface area contributed by atoms with E-state index in [1.165, 1.54) is 10.5 Å². The van der Waals surface area contributed by atoms with E-state index < -0.39 is 0 Å². The molecule has 0 aliphatic heterocycles. The maximum absolute atomic E-state index is 5.69. The molecular weight excluding hydrogens is 334 g/mol. The molecule has 106 valence electrons. The van der Waals surface area contributed by atoms with Gasteiger partial charge in [-0.25, -0.2) is 0 Å². The molecule has 0 radical (unpaired) electrons. The fourth-order valence-electron chi connectivity index (χ4n) is 1.97. The Labute approximate surface area is 132 Å². The Morgan fingerprint density at radius 2 is 2.00 bits per heavy atom. The number of aromatic nitrogens is 1. The van der Waals surface area contributed by atoms with Crippen LogP contribution in [0.2, 0.25) is 0 Å². The maximum Gasteiger partial charge on any atom is 0.0515 e. The fraction of sp³-hybridized carbons (Fsp3) is 0.267. The van der Waals surface area contributed by atoms with Crippen molar-refractivity contribution in [2.45, 2.75) is 24.3 Å². The van der Waals surface area contributed by atoms with Gasteiger partial charge in [0, 0.05) is 27.7 Å². The summed E-state index contributed by atoms with van der Waals surface area (Å²) >= 11 is 5.23. The van der Waals surface area contributed by atoms with Crippen LogP contribution in [-0.2, 0) is 6.42 Å². The average molecular weight is 352 g/mol. The molecule has 1 heterocycles. The lowest BCUT2D eigenvalue weighted by Gasteiger charge is -2.16. The molecule has 1 unspecified atom stereocenters. The summed E-state index contributed by atoms with van der Waals surface area (Å²) in [6.07, 6.45) is 2.58. The molecule has 1 aromatic carbocycles. The first-order valence-electron chi connectivity index (χ1n) is 6.52. The molecule has 0 saturated heterocycles. The molecule has 1 atom stereocenters. The van der Waals surface area contributed by atoms with E-state index in [1.54, 1.807) is 0 Å². The van der Waals surface area contributed by atoms with Gasteiger partial charge in [0.1, 0.15) is 0 Å². The molecule has 0 aliphatic carbocycles.